The highest BCUT2D eigenvalue weighted by Gasteiger charge is 2.39. The van der Waals surface area contributed by atoms with Gasteiger partial charge in [-0.1, -0.05) is 12.8 Å². The Balaban J connectivity index is 1.58. The van der Waals surface area contributed by atoms with Crippen LogP contribution in [0, 0.1) is 11.8 Å². The minimum absolute atomic E-state index is 0.0903. The summed E-state index contributed by atoms with van der Waals surface area (Å²) in [6, 6.07) is 0.758. The van der Waals surface area contributed by atoms with Crippen molar-refractivity contribution in [3.63, 3.8) is 0 Å². The van der Waals surface area contributed by atoms with Crippen LogP contribution in [0.4, 0.5) is 0 Å². The average molecular weight is 280 g/mol. The second-order valence-corrected chi connectivity index (χ2v) is 6.43. The van der Waals surface area contributed by atoms with Crippen LogP contribution in [0.2, 0.25) is 0 Å². The summed E-state index contributed by atoms with van der Waals surface area (Å²) in [6.45, 7) is 3.47. The van der Waals surface area contributed by atoms with Gasteiger partial charge in [0.1, 0.15) is 0 Å². The summed E-state index contributed by atoms with van der Waals surface area (Å²) in [5.41, 5.74) is 0. The van der Waals surface area contributed by atoms with Crippen molar-refractivity contribution in [2.24, 2.45) is 11.8 Å². The molecule has 112 valence electrons. The zero-order valence-electron chi connectivity index (χ0n) is 12.0. The van der Waals surface area contributed by atoms with Crippen molar-refractivity contribution in [1.29, 1.82) is 0 Å². The van der Waals surface area contributed by atoms with Crippen molar-refractivity contribution >= 4 is 11.9 Å². The van der Waals surface area contributed by atoms with Crippen LogP contribution < -0.4 is 0 Å². The van der Waals surface area contributed by atoms with Crippen molar-refractivity contribution in [2.45, 2.75) is 44.6 Å². The van der Waals surface area contributed by atoms with Crippen LogP contribution in [0.5, 0.6) is 0 Å². The van der Waals surface area contributed by atoms with Crippen molar-refractivity contribution in [3.8, 4) is 0 Å². The van der Waals surface area contributed by atoms with Gasteiger partial charge < -0.3 is 10.0 Å². The summed E-state index contributed by atoms with van der Waals surface area (Å²) in [4.78, 5) is 28.3. The van der Waals surface area contributed by atoms with Crippen molar-refractivity contribution in [1.82, 2.24) is 9.80 Å². The maximum atomic E-state index is 12.6. The largest absolute Gasteiger partial charge is 0.481 e. The van der Waals surface area contributed by atoms with Crippen LogP contribution in [0.15, 0.2) is 0 Å². The van der Waals surface area contributed by atoms with E-state index in [4.69, 9.17) is 0 Å². The first-order valence-corrected chi connectivity index (χ1v) is 7.92. The van der Waals surface area contributed by atoms with Crippen LogP contribution >= 0.6 is 0 Å². The zero-order valence-corrected chi connectivity index (χ0v) is 12.0. The van der Waals surface area contributed by atoms with Gasteiger partial charge in [0.05, 0.1) is 11.8 Å². The Morgan fingerprint density at radius 1 is 0.850 bits per heavy atom. The van der Waals surface area contributed by atoms with Gasteiger partial charge in [-0.05, 0) is 25.7 Å². The number of amides is 1. The Hall–Kier alpha value is -1.10. The number of aliphatic carboxylic acids is 1. The standard InChI is InChI=1S/C15H24N2O3/c18-14(12-3-1-2-4-13(12)15(19)20)17-9-7-16(8-10-17)11-5-6-11/h11-13H,1-10H2,(H,19,20). The normalized spacial score (nSPS) is 32.1. The molecule has 0 aromatic carbocycles. The molecule has 3 fully saturated rings. The Labute approximate surface area is 119 Å². The van der Waals surface area contributed by atoms with E-state index < -0.39 is 11.9 Å². The molecular weight excluding hydrogens is 256 g/mol. The van der Waals surface area contributed by atoms with Crippen LogP contribution in [-0.2, 0) is 9.59 Å². The van der Waals surface area contributed by atoms with E-state index in [0.29, 0.717) is 6.42 Å². The third kappa shape index (κ3) is 2.82. The van der Waals surface area contributed by atoms with Gasteiger partial charge in [-0.2, -0.15) is 0 Å². The number of rotatable bonds is 3. The Morgan fingerprint density at radius 2 is 1.45 bits per heavy atom. The summed E-state index contributed by atoms with van der Waals surface area (Å²) < 4.78 is 0. The molecule has 1 N–H and O–H groups in total. The van der Waals surface area contributed by atoms with E-state index in [1.807, 2.05) is 4.90 Å². The van der Waals surface area contributed by atoms with Crippen molar-refractivity contribution < 1.29 is 14.7 Å². The first-order valence-electron chi connectivity index (χ1n) is 7.92. The fraction of sp³-hybridized carbons (Fsp3) is 0.867. The van der Waals surface area contributed by atoms with E-state index >= 15 is 0 Å². The maximum Gasteiger partial charge on any atom is 0.307 e. The minimum Gasteiger partial charge on any atom is -0.481 e. The van der Waals surface area contributed by atoms with Crippen LogP contribution in [0.1, 0.15) is 38.5 Å². The fourth-order valence-electron chi connectivity index (χ4n) is 3.70. The monoisotopic (exact) mass is 280 g/mol. The average Bonchev–Trinajstić information content (AvgIpc) is 3.31. The number of hydrogen-bond acceptors (Lipinski definition) is 3. The summed E-state index contributed by atoms with van der Waals surface area (Å²) >= 11 is 0. The molecule has 1 aliphatic heterocycles. The topological polar surface area (TPSA) is 60.9 Å². The van der Waals surface area contributed by atoms with Gasteiger partial charge in [0.25, 0.3) is 0 Å². The molecule has 1 amide bonds. The summed E-state index contributed by atoms with van der Waals surface area (Å²) in [7, 11) is 0. The molecule has 0 bridgehead atoms. The first-order chi connectivity index (χ1) is 9.66. The number of carboxylic acid groups (broad SMARTS) is 1. The summed E-state index contributed by atoms with van der Waals surface area (Å²) in [5.74, 6) is -1.45. The Bertz CT molecular complexity index is 387. The first kappa shape index (κ1) is 13.9. The molecule has 0 radical (unpaired) electrons. The van der Waals surface area contributed by atoms with E-state index in [1.165, 1.54) is 12.8 Å². The van der Waals surface area contributed by atoms with Gasteiger partial charge >= 0.3 is 5.97 Å². The molecule has 2 atom stereocenters. The van der Waals surface area contributed by atoms with Crippen molar-refractivity contribution in [3.05, 3.63) is 0 Å². The maximum absolute atomic E-state index is 12.6. The van der Waals surface area contributed by atoms with Gasteiger partial charge in [-0.15, -0.1) is 0 Å². The second-order valence-electron chi connectivity index (χ2n) is 6.43. The number of carboxylic acids is 1. The van der Waals surface area contributed by atoms with E-state index in [9.17, 15) is 14.7 Å². The number of carbonyl (C=O) groups excluding carboxylic acids is 1. The van der Waals surface area contributed by atoms with Crippen molar-refractivity contribution in [2.75, 3.05) is 26.2 Å². The lowest BCUT2D eigenvalue weighted by Crippen LogP contribution is -2.52. The zero-order chi connectivity index (χ0) is 14.1. The number of nitrogens with zero attached hydrogens (tertiary/aromatic N) is 2. The van der Waals surface area contributed by atoms with Gasteiger partial charge in [0.15, 0.2) is 0 Å². The van der Waals surface area contributed by atoms with Gasteiger partial charge in [0, 0.05) is 32.2 Å². The van der Waals surface area contributed by atoms with Crippen LogP contribution in [0.25, 0.3) is 0 Å². The van der Waals surface area contributed by atoms with Gasteiger partial charge in [0.2, 0.25) is 5.91 Å². The molecule has 0 spiro atoms. The minimum atomic E-state index is -0.792. The molecule has 3 rings (SSSR count). The molecule has 3 aliphatic rings. The smallest absolute Gasteiger partial charge is 0.307 e. The quantitative estimate of drug-likeness (QED) is 0.843. The third-order valence-electron chi connectivity index (χ3n) is 5.09. The highest BCUT2D eigenvalue weighted by atomic mass is 16.4. The molecule has 5 heteroatoms. The second kappa shape index (κ2) is 5.72. The molecular formula is C15H24N2O3. The molecule has 0 aromatic heterocycles. The molecule has 2 aliphatic carbocycles. The lowest BCUT2D eigenvalue weighted by molar-refractivity contribution is -0.153. The van der Waals surface area contributed by atoms with E-state index in [-0.39, 0.29) is 11.8 Å². The number of carbonyl (C=O) groups is 2. The number of piperazine rings is 1. The lowest BCUT2D eigenvalue weighted by Gasteiger charge is -2.38. The molecule has 1 heterocycles. The Kier molecular flexibility index (Phi) is 3.96. The highest BCUT2D eigenvalue weighted by molar-refractivity contribution is 5.85. The fourth-order valence-corrected chi connectivity index (χ4v) is 3.70. The lowest BCUT2D eigenvalue weighted by atomic mass is 9.78. The SMILES string of the molecule is O=C(O)C1CCCCC1C(=O)N1CCN(C2CC2)CC1. The summed E-state index contributed by atoms with van der Waals surface area (Å²) in [6.07, 6.45) is 5.94. The van der Waals surface area contributed by atoms with E-state index in [1.54, 1.807) is 0 Å². The summed E-state index contributed by atoms with van der Waals surface area (Å²) in [5, 5.41) is 9.30. The van der Waals surface area contributed by atoms with Crippen LogP contribution in [-0.4, -0.2) is 59.0 Å². The van der Waals surface area contributed by atoms with E-state index in [0.717, 1.165) is 51.5 Å². The molecule has 2 unspecified atom stereocenters. The van der Waals surface area contributed by atoms with Crippen LogP contribution in [0.3, 0.4) is 0 Å². The Morgan fingerprint density at radius 3 is 2.00 bits per heavy atom. The van der Waals surface area contributed by atoms with Gasteiger partial charge in [-0.25, -0.2) is 0 Å². The molecule has 5 nitrogen and oxygen atoms in total. The molecule has 0 aromatic rings. The highest BCUT2D eigenvalue weighted by Crippen LogP contribution is 2.33. The van der Waals surface area contributed by atoms with Gasteiger partial charge in [-0.3, -0.25) is 14.5 Å². The third-order valence-corrected chi connectivity index (χ3v) is 5.09. The molecule has 2 saturated carbocycles. The molecule has 20 heavy (non-hydrogen) atoms. The predicted octanol–water partition coefficient (Wildman–Crippen LogP) is 1.18. The number of hydrogen-bond donors (Lipinski definition) is 1. The predicted molar refractivity (Wildman–Crippen MR) is 74.3 cm³/mol. The van der Waals surface area contributed by atoms with E-state index in [2.05, 4.69) is 4.90 Å². The molecule has 1 saturated heterocycles.